The van der Waals surface area contributed by atoms with E-state index in [0.29, 0.717) is 0 Å². The lowest BCUT2D eigenvalue weighted by Crippen LogP contribution is -2.28. The molecule has 3 N–H and O–H groups in total. The summed E-state index contributed by atoms with van der Waals surface area (Å²) in [5, 5.41) is 0. The number of hydrogen-bond donors (Lipinski definition) is 2. The van der Waals surface area contributed by atoms with Gasteiger partial charge in [-0.1, -0.05) is 25.5 Å². The maximum Gasteiger partial charge on any atom is 0.126 e. The number of benzene rings is 1. The first-order valence-corrected chi connectivity index (χ1v) is 5.75. The molecule has 0 spiro atoms. The van der Waals surface area contributed by atoms with Gasteiger partial charge in [0.2, 0.25) is 0 Å². The summed E-state index contributed by atoms with van der Waals surface area (Å²) in [4.78, 5) is 0. The van der Waals surface area contributed by atoms with Gasteiger partial charge < -0.3 is 4.74 Å². The second kappa shape index (κ2) is 5.87. The van der Waals surface area contributed by atoms with E-state index in [0.717, 1.165) is 24.2 Å². The molecule has 0 radical (unpaired) electrons. The smallest absolute Gasteiger partial charge is 0.126 e. The van der Waals surface area contributed by atoms with Gasteiger partial charge in [-0.05, 0) is 31.4 Å². The first-order chi connectivity index (χ1) is 7.65. The quantitative estimate of drug-likeness (QED) is 0.594. The van der Waals surface area contributed by atoms with E-state index in [2.05, 4.69) is 38.3 Å². The fourth-order valence-electron chi connectivity index (χ4n) is 1.97. The molecule has 1 aromatic rings. The fourth-order valence-corrected chi connectivity index (χ4v) is 1.97. The van der Waals surface area contributed by atoms with Crippen molar-refractivity contribution in [3.05, 3.63) is 28.8 Å². The lowest BCUT2D eigenvalue weighted by Gasteiger charge is -2.20. The zero-order valence-electron chi connectivity index (χ0n) is 10.6. The molecule has 1 rings (SSSR count). The Bertz CT molecular complexity index is 350. The first kappa shape index (κ1) is 13.0. The Kier molecular flexibility index (Phi) is 4.77. The van der Waals surface area contributed by atoms with Crippen LogP contribution in [0.5, 0.6) is 5.75 Å². The molecule has 0 saturated carbocycles. The van der Waals surface area contributed by atoms with Crippen LogP contribution in [0.2, 0.25) is 0 Å². The molecule has 0 aromatic heterocycles. The van der Waals surface area contributed by atoms with Crippen molar-refractivity contribution in [3.8, 4) is 5.75 Å². The third-order valence-electron chi connectivity index (χ3n) is 3.07. The van der Waals surface area contributed by atoms with E-state index in [9.17, 15) is 0 Å². The first-order valence-electron chi connectivity index (χ1n) is 5.75. The highest BCUT2D eigenvalue weighted by Gasteiger charge is 2.16. The molecule has 0 aliphatic rings. The molecule has 90 valence electrons. The third-order valence-corrected chi connectivity index (χ3v) is 3.07. The van der Waals surface area contributed by atoms with Gasteiger partial charge >= 0.3 is 0 Å². The number of methoxy groups -OCH3 is 1. The number of aryl methyl sites for hydroxylation is 1. The molecule has 1 unspecified atom stereocenters. The van der Waals surface area contributed by atoms with E-state index < -0.39 is 0 Å². The van der Waals surface area contributed by atoms with Crippen molar-refractivity contribution in [1.82, 2.24) is 5.43 Å². The van der Waals surface area contributed by atoms with E-state index in [4.69, 9.17) is 10.6 Å². The van der Waals surface area contributed by atoms with Crippen LogP contribution in [-0.2, 0) is 0 Å². The lowest BCUT2D eigenvalue weighted by molar-refractivity contribution is 0.392. The maximum atomic E-state index is 5.60. The molecule has 3 heteroatoms. The largest absolute Gasteiger partial charge is 0.496 e. The number of nitrogens with two attached hydrogens (primary N) is 1. The van der Waals surface area contributed by atoms with Crippen molar-refractivity contribution in [1.29, 1.82) is 0 Å². The zero-order chi connectivity index (χ0) is 12.1. The Morgan fingerprint density at radius 3 is 2.56 bits per heavy atom. The summed E-state index contributed by atoms with van der Waals surface area (Å²) in [6.45, 7) is 6.32. The Balaban J connectivity index is 3.16. The van der Waals surface area contributed by atoms with Crippen LogP contribution in [-0.4, -0.2) is 7.11 Å². The Hall–Kier alpha value is -1.06. The summed E-state index contributed by atoms with van der Waals surface area (Å²) in [7, 11) is 1.71. The van der Waals surface area contributed by atoms with Gasteiger partial charge in [0.15, 0.2) is 0 Å². The molecule has 0 amide bonds. The number of hydrogen-bond acceptors (Lipinski definition) is 3. The van der Waals surface area contributed by atoms with Gasteiger partial charge in [0.05, 0.1) is 7.11 Å². The maximum absolute atomic E-state index is 5.60. The van der Waals surface area contributed by atoms with Crippen molar-refractivity contribution in [3.63, 3.8) is 0 Å². The predicted molar refractivity (Wildman–Crippen MR) is 67.4 cm³/mol. The summed E-state index contributed by atoms with van der Waals surface area (Å²) in [5.41, 5.74) is 6.44. The summed E-state index contributed by atoms with van der Waals surface area (Å²) in [6.07, 6.45) is 2.10. The van der Waals surface area contributed by atoms with Crippen LogP contribution >= 0.6 is 0 Å². The minimum absolute atomic E-state index is 0.166. The van der Waals surface area contributed by atoms with Crippen molar-refractivity contribution in [2.45, 2.75) is 39.7 Å². The predicted octanol–water partition coefficient (Wildman–Crippen LogP) is 2.62. The average molecular weight is 222 g/mol. The molecular formula is C13H22N2O. The minimum Gasteiger partial charge on any atom is -0.496 e. The lowest BCUT2D eigenvalue weighted by atomic mass is 9.97. The molecule has 1 aromatic carbocycles. The number of rotatable bonds is 5. The second-order valence-electron chi connectivity index (χ2n) is 4.14. The van der Waals surface area contributed by atoms with E-state index >= 15 is 0 Å². The molecule has 0 aliphatic heterocycles. The van der Waals surface area contributed by atoms with Crippen LogP contribution < -0.4 is 16.0 Å². The van der Waals surface area contributed by atoms with Crippen molar-refractivity contribution >= 4 is 0 Å². The minimum atomic E-state index is 0.166. The van der Waals surface area contributed by atoms with Gasteiger partial charge in [0.25, 0.3) is 0 Å². The summed E-state index contributed by atoms with van der Waals surface area (Å²) in [6, 6.07) is 4.38. The molecule has 0 heterocycles. The van der Waals surface area contributed by atoms with Gasteiger partial charge in [-0.2, -0.15) is 0 Å². The molecular weight excluding hydrogens is 200 g/mol. The van der Waals surface area contributed by atoms with Crippen molar-refractivity contribution < 1.29 is 4.74 Å². The highest BCUT2D eigenvalue weighted by molar-refractivity contribution is 5.46. The van der Waals surface area contributed by atoms with E-state index in [1.165, 1.54) is 11.1 Å². The molecule has 0 saturated heterocycles. The highest BCUT2D eigenvalue weighted by Crippen LogP contribution is 2.32. The van der Waals surface area contributed by atoms with E-state index in [-0.39, 0.29) is 6.04 Å². The Morgan fingerprint density at radius 2 is 2.06 bits per heavy atom. The summed E-state index contributed by atoms with van der Waals surface area (Å²) >= 11 is 0. The standard InChI is InChI=1S/C13H22N2O/c1-5-6-12(15-14)11-8-7-9(2)10(3)13(11)16-4/h7-8,12,15H,5-6,14H2,1-4H3. The molecule has 1 atom stereocenters. The fraction of sp³-hybridized carbons (Fsp3) is 0.538. The van der Waals surface area contributed by atoms with Crippen LogP contribution in [0.4, 0.5) is 0 Å². The van der Waals surface area contributed by atoms with Crippen LogP contribution in [0.25, 0.3) is 0 Å². The normalized spacial score (nSPS) is 12.6. The van der Waals surface area contributed by atoms with Gasteiger partial charge in [0, 0.05) is 11.6 Å². The van der Waals surface area contributed by atoms with Crippen molar-refractivity contribution in [2.75, 3.05) is 7.11 Å². The molecule has 0 aliphatic carbocycles. The molecule has 0 fully saturated rings. The molecule has 0 bridgehead atoms. The van der Waals surface area contributed by atoms with Gasteiger partial charge in [0.1, 0.15) is 5.75 Å². The molecule has 16 heavy (non-hydrogen) atoms. The summed E-state index contributed by atoms with van der Waals surface area (Å²) < 4.78 is 5.49. The number of nitrogens with one attached hydrogen (secondary N) is 1. The zero-order valence-corrected chi connectivity index (χ0v) is 10.6. The Labute approximate surface area is 98.0 Å². The monoisotopic (exact) mass is 222 g/mol. The Morgan fingerprint density at radius 1 is 1.38 bits per heavy atom. The van der Waals surface area contributed by atoms with Crippen LogP contribution in [0.15, 0.2) is 12.1 Å². The van der Waals surface area contributed by atoms with Crippen LogP contribution in [0, 0.1) is 13.8 Å². The van der Waals surface area contributed by atoms with Crippen LogP contribution in [0.1, 0.15) is 42.5 Å². The second-order valence-corrected chi connectivity index (χ2v) is 4.14. The topological polar surface area (TPSA) is 47.3 Å². The third kappa shape index (κ3) is 2.54. The SMILES string of the molecule is CCCC(NN)c1ccc(C)c(C)c1OC. The van der Waals surface area contributed by atoms with Gasteiger partial charge in [-0.3, -0.25) is 11.3 Å². The highest BCUT2D eigenvalue weighted by atomic mass is 16.5. The van der Waals surface area contributed by atoms with Gasteiger partial charge in [-0.25, -0.2) is 0 Å². The number of ether oxygens (including phenoxy) is 1. The van der Waals surface area contributed by atoms with E-state index in [1.54, 1.807) is 7.11 Å². The molecule has 3 nitrogen and oxygen atoms in total. The van der Waals surface area contributed by atoms with Gasteiger partial charge in [-0.15, -0.1) is 0 Å². The summed E-state index contributed by atoms with van der Waals surface area (Å²) in [5.74, 6) is 6.55. The van der Waals surface area contributed by atoms with Crippen LogP contribution in [0.3, 0.4) is 0 Å². The average Bonchev–Trinajstić information content (AvgIpc) is 2.29. The van der Waals surface area contributed by atoms with Crippen molar-refractivity contribution in [2.24, 2.45) is 5.84 Å². The van der Waals surface area contributed by atoms with E-state index in [1.807, 2.05) is 0 Å². The number of hydrazine groups is 1.